The van der Waals surface area contributed by atoms with Gasteiger partial charge >= 0.3 is 12.4 Å². The molecule has 3 aromatic rings. The van der Waals surface area contributed by atoms with E-state index in [9.17, 15) is 26.3 Å². The fraction of sp³-hybridized carbons (Fsp3) is 0.450. The second kappa shape index (κ2) is 8.24. The standard InChI is InChI=1S/C20H16ClF6N5O2/c21-9-1-2-13-12(5-9)11-3-4-32(14(15(11)28-13)6-10-7-33-8-34-10)18-30-16(19(22,23)24)29-17(31-18)20(25,26)27/h1-2,5,10,14,28H,3-4,6-8H2. The van der Waals surface area contributed by atoms with Crippen molar-refractivity contribution in [2.45, 2.75) is 37.3 Å². The van der Waals surface area contributed by atoms with Crippen LogP contribution < -0.4 is 4.90 Å². The molecule has 5 rings (SSSR count). The molecule has 2 aliphatic rings. The minimum absolute atomic E-state index is 0.0504. The van der Waals surface area contributed by atoms with Gasteiger partial charge in [0.05, 0.1) is 18.8 Å². The van der Waals surface area contributed by atoms with Crippen molar-refractivity contribution in [3.05, 3.63) is 46.1 Å². The number of fused-ring (bicyclic) bond motifs is 3. The van der Waals surface area contributed by atoms with Crippen LogP contribution >= 0.6 is 11.6 Å². The first-order valence-electron chi connectivity index (χ1n) is 10.2. The Morgan fingerprint density at radius 3 is 2.38 bits per heavy atom. The van der Waals surface area contributed by atoms with E-state index in [-0.39, 0.29) is 26.4 Å². The average Bonchev–Trinajstić information content (AvgIpc) is 3.40. The van der Waals surface area contributed by atoms with Crippen LogP contribution in [-0.2, 0) is 28.2 Å². The molecule has 0 saturated carbocycles. The van der Waals surface area contributed by atoms with Gasteiger partial charge in [0.25, 0.3) is 0 Å². The van der Waals surface area contributed by atoms with Crippen LogP contribution in [0.4, 0.5) is 32.3 Å². The van der Waals surface area contributed by atoms with Crippen LogP contribution in [0.3, 0.4) is 0 Å². The van der Waals surface area contributed by atoms with E-state index in [4.69, 9.17) is 21.1 Å². The van der Waals surface area contributed by atoms with Gasteiger partial charge in [0.1, 0.15) is 6.79 Å². The van der Waals surface area contributed by atoms with Gasteiger partial charge in [-0.3, -0.25) is 0 Å². The molecular weight excluding hydrogens is 492 g/mol. The molecule has 182 valence electrons. The predicted octanol–water partition coefficient (Wildman–Crippen LogP) is 4.91. The Morgan fingerprint density at radius 1 is 1.06 bits per heavy atom. The molecule has 0 bridgehead atoms. The Labute approximate surface area is 193 Å². The van der Waals surface area contributed by atoms with Gasteiger partial charge in [-0.05, 0) is 30.2 Å². The molecule has 0 aliphatic carbocycles. The van der Waals surface area contributed by atoms with Crippen molar-refractivity contribution in [2.24, 2.45) is 0 Å². The summed E-state index contributed by atoms with van der Waals surface area (Å²) in [5.74, 6) is -4.52. The summed E-state index contributed by atoms with van der Waals surface area (Å²) in [6.45, 7) is 0.364. The Balaban J connectivity index is 1.64. The van der Waals surface area contributed by atoms with E-state index in [0.29, 0.717) is 17.1 Å². The molecule has 7 nitrogen and oxygen atoms in total. The van der Waals surface area contributed by atoms with E-state index in [1.165, 1.54) is 4.90 Å². The molecule has 2 aromatic heterocycles. The highest BCUT2D eigenvalue weighted by Crippen LogP contribution is 2.41. The number of alkyl halides is 6. The van der Waals surface area contributed by atoms with E-state index in [0.717, 1.165) is 16.5 Å². The lowest BCUT2D eigenvalue weighted by Crippen LogP contribution is -2.39. The maximum absolute atomic E-state index is 13.4. The molecule has 4 heterocycles. The summed E-state index contributed by atoms with van der Waals surface area (Å²) in [6.07, 6.45) is -10.2. The third-order valence-corrected chi connectivity index (χ3v) is 6.01. The van der Waals surface area contributed by atoms with E-state index < -0.39 is 42.1 Å². The van der Waals surface area contributed by atoms with Gasteiger partial charge in [0, 0.05) is 34.6 Å². The number of hydrogen-bond donors (Lipinski definition) is 1. The fourth-order valence-electron chi connectivity index (χ4n) is 4.33. The number of nitrogens with zero attached hydrogens (tertiary/aromatic N) is 4. The SMILES string of the molecule is FC(F)(F)c1nc(N2CCc3c([nH]c4ccc(Cl)cc34)C2CC2COCO2)nc(C(F)(F)F)n1. The summed E-state index contributed by atoms with van der Waals surface area (Å²) in [7, 11) is 0. The van der Waals surface area contributed by atoms with Gasteiger partial charge < -0.3 is 19.4 Å². The molecule has 2 aliphatic heterocycles. The number of ether oxygens (including phenoxy) is 2. The molecule has 0 amide bonds. The van der Waals surface area contributed by atoms with Crippen LogP contribution in [0.25, 0.3) is 10.9 Å². The second-order valence-electron chi connectivity index (χ2n) is 7.96. The van der Waals surface area contributed by atoms with Crippen LogP contribution in [0.2, 0.25) is 5.02 Å². The number of hydrogen-bond acceptors (Lipinski definition) is 6. The summed E-state index contributed by atoms with van der Waals surface area (Å²) in [6, 6.07) is 4.51. The number of aromatic nitrogens is 4. The first kappa shape index (κ1) is 23.1. The maximum Gasteiger partial charge on any atom is 0.451 e. The topological polar surface area (TPSA) is 76.2 Å². The monoisotopic (exact) mass is 507 g/mol. The lowest BCUT2D eigenvalue weighted by molar-refractivity contribution is -0.155. The van der Waals surface area contributed by atoms with Crippen molar-refractivity contribution < 1.29 is 35.8 Å². The largest absolute Gasteiger partial charge is 0.451 e. The number of halogens is 7. The molecule has 2 atom stereocenters. The number of benzene rings is 1. The van der Waals surface area contributed by atoms with E-state index in [1.54, 1.807) is 18.2 Å². The highest BCUT2D eigenvalue weighted by atomic mass is 35.5. The molecule has 2 unspecified atom stereocenters. The molecule has 14 heteroatoms. The first-order chi connectivity index (χ1) is 16.0. The van der Waals surface area contributed by atoms with Crippen LogP contribution in [0.5, 0.6) is 0 Å². The Bertz CT molecular complexity index is 1190. The summed E-state index contributed by atoms with van der Waals surface area (Å²) >= 11 is 6.14. The molecule has 0 radical (unpaired) electrons. The van der Waals surface area contributed by atoms with Crippen molar-refractivity contribution in [2.75, 3.05) is 24.8 Å². The molecule has 0 spiro atoms. The lowest BCUT2D eigenvalue weighted by Gasteiger charge is -2.37. The molecule has 1 saturated heterocycles. The molecule has 1 aromatic carbocycles. The predicted molar refractivity (Wildman–Crippen MR) is 107 cm³/mol. The number of nitrogens with one attached hydrogen (secondary N) is 1. The first-order valence-corrected chi connectivity index (χ1v) is 10.5. The normalized spacial score (nSPS) is 21.3. The van der Waals surface area contributed by atoms with Gasteiger partial charge in [-0.2, -0.15) is 36.3 Å². The molecule has 34 heavy (non-hydrogen) atoms. The van der Waals surface area contributed by atoms with Crippen molar-refractivity contribution in [1.29, 1.82) is 0 Å². The van der Waals surface area contributed by atoms with Crippen LogP contribution in [0.1, 0.15) is 35.4 Å². The van der Waals surface area contributed by atoms with Crippen molar-refractivity contribution in [3.63, 3.8) is 0 Å². The Morgan fingerprint density at radius 2 is 1.76 bits per heavy atom. The second-order valence-corrected chi connectivity index (χ2v) is 8.39. The van der Waals surface area contributed by atoms with Crippen molar-refractivity contribution in [1.82, 2.24) is 19.9 Å². The Hall–Kier alpha value is -2.64. The van der Waals surface area contributed by atoms with Crippen LogP contribution in [0, 0.1) is 0 Å². The maximum atomic E-state index is 13.4. The summed E-state index contributed by atoms with van der Waals surface area (Å²) in [5.41, 5.74) is 2.24. The van der Waals surface area contributed by atoms with E-state index in [1.807, 2.05) is 0 Å². The quantitative estimate of drug-likeness (QED) is 0.508. The number of rotatable bonds is 3. The van der Waals surface area contributed by atoms with Crippen molar-refractivity contribution >= 4 is 28.5 Å². The van der Waals surface area contributed by atoms with Crippen LogP contribution in [-0.4, -0.2) is 46.0 Å². The summed E-state index contributed by atoms with van der Waals surface area (Å²) in [5, 5.41) is 1.33. The minimum atomic E-state index is -5.19. The fourth-order valence-corrected chi connectivity index (χ4v) is 4.50. The number of H-pyrrole nitrogens is 1. The zero-order valence-electron chi connectivity index (χ0n) is 17.2. The highest BCUT2D eigenvalue weighted by molar-refractivity contribution is 6.31. The Kier molecular flexibility index (Phi) is 5.60. The van der Waals surface area contributed by atoms with Crippen molar-refractivity contribution in [3.8, 4) is 0 Å². The van der Waals surface area contributed by atoms with Gasteiger partial charge in [-0.1, -0.05) is 11.6 Å². The number of aromatic amines is 1. The molecule has 1 N–H and O–H groups in total. The van der Waals surface area contributed by atoms with E-state index >= 15 is 0 Å². The average molecular weight is 508 g/mol. The van der Waals surface area contributed by atoms with Gasteiger partial charge in [0.2, 0.25) is 17.6 Å². The third-order valence-electron chi connectivity index (χ3n) is 5.78. The molecular formula is C20H16ClF6N5O2. The zero-order chi connectivity index (χ0) is 24.3. The smallest absolute Gasteiger partial charge is 0.356 e. The summed E-state index contributed by atoms with van der Waals surface area (Å²) in [4.78, 5) is 14.0. The van der Waals surface area contributed by atoms with Gasteiger partial charge in [-0.15, -0.1) is 0 Å². The third kappa shape index (κ3) is 4.27. The minimum Gasteiger partial charge on any atom is -0.356 e. The summed E-state index contributed by atoms with van der Waals surface area (Å²) < 4.78 is 90.8. The molecule has 1 fully saturated rings. The number of anilines is 1. The zero-order valence-corrected chi connectivity index (χ0v) is 17.9. The van der Waals surface area contributed by atoms with Gasteiger partial charge in [0.15, 0.2) is 0 Å². The van der Waals surface area contributed by atoms with Gasteiger partial charge in [-0.25, -0.2) is 4.98 Å². The van der Waals surface area contributed by atoms with Crippen LogP contribution in [0.15, 0.2) is 18.2 Å². The lowest BCUT2D eigenvalue weighted by atomic mass is 9.94. The highest BCUT2D eigenvalue weighted by Gasteiger charge is 2.43. The van der Waals surface area contributed by atoms with E-state index in [2.05, 4.69) is 19.9 Å².